The Morgan fingerprint density at radius 2 is 0.420 bits per heavy atom. The zero-order valence-electron chi connectivity index (χ0n) is 27.9. The number of benzene rings is 7. The van der Waals surface area contributed by atoms with Gasteiger partial charge in [0, 0.05) is 0 Å². The third-order valence-corrected chi connectivity index (χ3v) is 8.71. The first-order valence-corrected chi connectivity index (χ1v) is 17.1. The van der Waals surface area contributed by atoms with Gasteiger partial charge in [0.2, 0.25) is 0 Å². The predicted octanol–water partition coefficient (Wildman–Crippen LogP) is 13.2. The molecule has 0 aliphatic heterocycles. The summed E-state index contributed by atoms with van der Waals surface area (Å²) in [7, 11) is 0. The van der Waals surface area contributed by atoms with E-state index in [1.54, 1.807) is 0 Å². The Kier molecular flexibility index (Phi) is 10.3. The molecule has 0 atom stereocenters. The van der Waals surface area contributed by atoms with Crippen LogP contribution in [-0.2, 0) is 0 Å². The van der Waals surface area contributed by atoms with Crippen molar-refractivity contribution in [1.82, 2.24) is 0 Å². The van der Waals surface area contributed by atoms with Crippen LogP contribution in [0.1, 0.15) is 55.6 Å². The molecule has 0 bridgehead atoms. The molecule has 0 saturated carbocycles. The van der Waals surface area contributed by atoms with Crippen LogP contribution in [0.15, 0.2) is 194 Å². The molecule has 0 heterocycles. The molecule has 0 spiro atoms. The van der Waals surface area contributed by atoms with Gasteiger partial charge in [0.25, 0.3) is 0 Å². The highest BCUT2D eigenvalue weighted by molar-refractivity contribution is 5.92. The summed E-state index contributed by atoms with van der Waals surface area (Å²) in [5, 5.41) is 0. The molecule has 7 aromatic rings. The van der Waals surface area contributed by atoms with E-state index in [0.29, 0.717) is 0 Å². The van der Waals surface area contributed by atoms with E-state index in [0.717, 1.165) is 0 Å². The first kappa shape index (κ1) is 32.1. The van der Waals surface area contributed by atoms with Gasteiger partial charge in [-0.05, 0) is 78.9 Å². The minimum Gasteiger partial charge on any atom is -0.0622 e. The maximum atomic E-state index is 2.27. The summed E-state index contributed by atoms with van der Waals surface area (Å²) in [5.41, 5.74) is 14.3. The normalized spacial score (nSPS) is 11.0. The molecule has 0 saturated heterocycles. The Morgan fingerprint density at radius 1 is 0.220 bits per heavy atom. The molecule has 0 unspecified atom stereocenters. The van der Waals surface area contributed by atoms with Crippen molar-refractivity contribution in [2.75, 3.05) is 0 Å². The van der Waals surface area contributed by atoms with Gasteiger partial charge in [-0.2, -0.15) is 0 Å². The van der Waals surface area contributed by atoms with Gasteiger partial charge < -0.3 is 0 Å². The second-order valence-corrected chi connectivity index (χ2v) is 12.2. The molecule has 0 N–H and O–H groups in total. The molecule has 0 aromatic heterocycles. The number of hydrogen-bond acceptors (Lipinski definition) is 0. The molecule has 50 heavy (non-hydrogen) atoms. The minimum absolute atomic E-state index is 1.17. The zero-order valence-corrected chi connectivity index (χ0v) is 27.9. The van der Waals surface area contributed by atoms with Crippen LogP contribution < -0.4 is 0 Å². The van der Waals surface area contributed by atoms with Crippen molar-refractivity contribution in [2.24, 2.45) is 0 Å². The Morgan fingerprint density at radius 3 is 0.640 bits per heavy atom. The summed E-state index contributed by atoms with van der Waals surface area (Å²) in [4.78, 5) is 0. The van der Waals surface area contributed by atoms with Crippen LogP contribution in [0.4, 0.5) is 0 Å². The monoisotopic (exact) mass is 638 g/mol. The molecule has 7 aromatic carbocycles. The molecule has 0 aliphatic rings. The van der Waals surface area contributed by atoms with Gasteiger partial charge in [-0.15, -0.1) is 0 Å². The smallest absolute Gasteiger partial charge is 0.0105 e. The van der Waals surface area contributed by atoms with E-state index in [-0.39, 0.29) is 0 Å². The van der Waals surface area contributed by atoms with Gasteiger partial charge >= 0.3 is 0 Å². The molecule has 238 valence electrons. The van der Waals surface area contributed by atoms with Gasteiger partial charge in [-0.1, -0.05) is 218 Å². The van der Waals surface area contributed by atoms with Crippen molar-refractivity contribution in [3.63, 3.8) is 0 Å². The van der Waals surface area contributed by atoms with Gasteiger partial charge in [-0.25, -0.2) is 0 Å². The fraction of sp³-hybridized carbons (Fsp3) is 0. The van der Waals surface area contributed by atoms with Gasteiger partial charge in [0.1, 0.15) is 0 Å². The van der Waals surface area contributed by atoms with Crippen molar-refractivity contribution < 1.29 is 0 Å². The summed E-state index contributed by atoms with van der Waals surface area (Å²) >= 11 is 0. The van der Waals surface area contributed by atoms with Crippen LogP contribution in [0.3, 0.4) is 0 Å². The third kappa shape index (κ3) is 8.50. The van der Waals surface area contributed by atoms with E-state index in [1.807, 2.05) is 0 Å². The second kappa shape index (κ2) is 16.1. The molecule has 7 rings (SSSR count). The van der Waals surface area contributed by atoms with E-state index in [9.17, 15) is 0 Å². The van der Waals surface area contributed by atoms with Gasteiger partial charge in [0.05, 0.1) is 0 Å². The molecule has 0 radical (unpaired) electrons. The number of hydrogen-bond donors (Lipinski definition) is 0. The average Bonchev–Trinajstić information content (AvgIpc) is 3.20. The maximum absolute atomic E-state index is 2.27. The third-order valence-electron chi connectivity index (χ3n) is 8.71. The summed E-state index contributed by atoms with van der Waals surface area (Å²) in [6, 6.07) is 68.5. The lowest BCUT2D eigenvalue weighted by atomic mass is 9.95. The molecule has 0 fully saturated rings. The Balaban J connectivity index is 0.999. The van der Waals surface area contributed by atoms with Crippen molar-refractivity contribution in [3.8, 4) is 0 Å². The molecule has 0 heteroatoms. The second-order valence-electron chi connectivity index (χ2n) is 12.2. The van der Waals surface area contributed by atoms with Crippen molar-refractivity contribution in [2.45, 2.75) is 0 Å². The van der Waals surface area contributed by atoms with Crippen LogP contribution in [0.2, 0.25) is 0 Å². The van der Waals surface area contributed by atoms with Gasteiger partial charge in [-0.3, -0.25) is 0 Å². The van der Waals surface area contributed by atoms with Crippen molar-refractivity contribution in [1.29, 1.82) is 0 Å². The molecule has 0 nitrogen and oxygen atoms in total. The summed E-state index contributed by atoms with van der Waals surface area (Å²) in [6.07, 6.45) is 13.2. The lowest BCUT2D eigenvalue weighted by Gasteiger charge is -2.09. The zero-order chi connectivity index (χ0) is 33.8. The first-order chi connectivity index (χ1) is 24.8. The molecule has 0 aliphatic carbocycles. The fourth-order valence-electron chi connectivity index (χ4n) is 5.98. The topological polar surface area (TPSA) is 0 Å². The molecular weight excluding hydrogens is 601 g/mol. The standard InChI is InChI=1S/C50H38/c1-5-13-45(14-6-1)49(46-15-7-2-8-16-46)37-43-33-29-41(30-34-43)27-25-39-21-23-40(24-22-39)26-28-42-31-35-44(36-32-42)38-50(47-17-9-3-10-18-47)48-19-11-4-12-20-48/h1-38H. The first-order valence-electron chi connectivity index (χ1n) is 17.1. The largest absolute Gasteiger partial charge is 0.0622 e. The van der Waals surface area contributed by atoms with Crippen LogP contribution in [0.5, 0.6) is 0 Å². The maximum Gasteiger partial charge on any atom is -0.0105 e. The van der Waals surface area contributed by atoms with E-state index in [4.69, 9.17) is 0 Å². The van der Waals surface area contributed by atoms with Crippen LogP contribution in [0, 0.1) is 0 Å². The predicted molar refractivity (Wildman–Crippen MR) is 217 cm³/mol. The van der Waals surface area contributed by atoms with Crippen LogP contribution in [0.25, 0.3) is 47.6 Å². The van der Waals surface area contributed by atoms with Gasteiger partial charge in [0.15, 0.2) is 0 Å². The minimum atomic E-state index is 1.17. The van der Waals surface area contributed by atoms with Crippen LogP contribution in [-0.4, -0.2) is 0 Å². The SMILES string of the molecule is C(=Cc1ccc(C=C(c2ccccc2)c2ccccc2)cc1)c1ccc(C=Cc2ccc(C=C(c3ccccc3)c3ccccc3)cc2)cc1. The van der Waals surface area contributed by atoms with E-state index < -0.39 is 0 Å². The highest BCUT2D eigenvalue weighted by Gasteiger charge is 2.06. The van der Waals surface area contributed by atoms with Crippen molar-refractivity contribution in [3.05, 3.63) is 250 Å². The number of rotatable bonds is 10. The summed E-state index contributed by atoms with van der Waals surface area (Å²) < 4.78 is 0. The highest BCUT2D eigenvalue weighted by atomic mass is 14.1. The lowest BCUT2D eigenvalue weighted by Crippen LogP contribution is -1.88. The Labute approximate surface area is 296 Å². The highest BCUT2D eigenvalue weighted by Crippen LogP contribution is 2.28. The Bertz CT molecular complexity index is 1970. The molecular formula is C50H38. The molecule has 0 amide bonds. The fourth-order valence-corrected chi connectivity index (χ4v) is 5.98. The quantitative estimate of drug-likeness (QED) is 0.131. The summed E-state index contributed by atoms with van der Waals surface area (Å²) in [5.74, 6) is 0. The average molecular weight is 639 g/mol. The van der Waals surface area contributed by atoms with E-state index in [2.05, 4.69) is 231 Å². The Hall–Kier alpha value is -6.50. The van der Waals surface area contributed by atoms with Crippen molar-refractivity contribution >= 4 is 47.6 Å². The van der Waals surface area contributed by atoms with Crippen LogP contribution >= 0.6 is 0 Å². The summed E-state index contributed by atoms with van der Waals surface area (Å²) in [6.45, 7) is 0. The van der Waals surface area contributed by atoms with E-state index in [1.165, 1.54) is 66.8 Å². The lowest BCUT2D eigenvalue weighted by molar-refractivity contribution is 1.55. The van der Waals surface area contributed by atoms with E-state index >= 15 is 0 Å².